The van der Waals surface area contributed by atoms with Gasteiger partial charge in [0, 0.05) is 13.1 Å². The minimum Gasteiger partial charge on any atom is -0.481 e. The summed E-state index contributed by atoms with van der Waals surface area (Å²) < 4.78 is 5.27. The molecule has 3 nitrogen and oxygen atoms in total. The van der Waals surface area contributed by atoms with Crippen LogP contribution < -0.4 is 10.6 Å². The maximum Gasteiger partial charge on any atom is 0.139 e. The molecule has 1 atom stereocenters. The fourth-order valence-electron chi connectivity index (χ4n) is 1.20. The molecule has 0 saturated carbocycles. The van der Waals surface area contributed by atoms with Crippen molar-refractivity contribution in [2.45, 2.75) is 6.04 Å². The molecule has 0 aliphatic carbocycles. The Labute approximate surface area is 54.1 Å². The van der Waals surface area contributed by atoms with Crippen LogP contribution >= 0.6 is 0 Å². The first-order valence-corrected chi connectivity index (χ1v) is 3.24. The van der Waals surface area contributed by atoms with E-state index in [1.807, 2.05) is 0 Å². The molecule has 2 N–H and O–H groups in total. The van der Waals surface area contributed by atoms with Gasteiger partial charge in [0.2, 0.25) is 0 Å². The quantitative estimate of drug-likeness (QED) is 0.455. The highest BCUT2D eigenvalue weighted by Crippen LogP contribution is 2.11. The summed E-state index contributed by atoms with van der Waals surface area (Å²) in [5, 5.41) is 6.44. The highest BCUT2D eigenvalue weighted by molar-refractivity contribution is 5.11. The number of hydrogen-bond acceptors (Lipinski definition) is 3. The third-order valence-electron chi connectivity index (χ3n) is 1.71. The van der Waals surface area contributed by atoms with E-state index in [9.17, 15) is 0 Å². The van der Waals surface area contributed by atoms with Gasteiger partial charge >= 0.3 is 0 Å². The van der Waals surface area contributed by atoms with Gasteiger partial charge < -0.3 is 10.1 Å². The highest BCUT2D eigenvalue weighted by Gasteiger charge is 2.22. The van der Waals surface area contributed by atoms with E-state index in [1.54, 1.807) is 0 Å². The molecule has 2 aliphatic heterocycles. The third kappa shape index (κ3) is 0.821. The van der Waals surface area contributed by atoms with Crippen LogP contribution in [0.4, 0.5) is 0 Å². The summed E-state index contributed by atoms with van der Waals surface area (Å²) in [6.07, 6.45) is 2.09. The molecule has 1 fully saturated rings. The molecular weight excluding hydrogens is 116 g/mol. The zero-order chi connectivity index (χ0) is 6.10. The van der Waals surface area contributed by atoms with E-state index in [4.69, 9.17) is 4.74 Å². The van der Waals surface area contributed by atoms with Crippen LogP contribution in [0.1, 0.15) is 0 Å². The van der Waals surface area contributed by atoms with Crippen LogP contribution in [0.3, 0.4) is 0 Å². The molecule has 2 aliphatic rings. The standard InChI is InChI=1S/C6H10N2O/c1-2-7-3-5-6(1)9-4-8-5/h1,5,7-8H,2-4H2. The second kappa shape index (κ2) is 2.01. The molecule has 3 heteroatoms. The number of rotatable bonds is 0. The normalized spacial score (nSPS) is 32.9. The summed E-state index contributed by atoms with van der Waals surface area (Å²) in [6, 6.07) is 0.443. The van der Waals surface area contributed by atoms with Gasteiger partial charge in [-0.05, 0) is 6.08 Å². The molecule has 0 spiro atoms. The highest BCUT2D eigenvalue weighted by atomic mass is 16.5. The van der Waals surface area contributed by atoms with Crippen molar-refractivity contribution < 1.29 is 4.74 Å². The molecule has 50 valence electrons. The predicted octanol–water partition coefficient (Wildman–Crippen LogP) is -0.581. The molecule has 9 heavy (non-hydrogen) atoms. The number of fused-ring (bicyclic) bond motifs is 1. The lowest BCUT2D eigenvalue weighted by Gasteiger charge is -2.14. The van der Waals surface area contributed by atoms with Crippen LogP contribution in [-0.2, 0) is 4.74 Å². The van der Waals surface area contributed by atoms with Crippen LogP contribution in [0.15, 0.2) is 11.8 Å². The first kappa shape index (κ1) is 5.26. The zero-order valence-corrected chi connectivity index (χ0v) is 5.18. The van der Waals surface area contributed by atoms with Crippen LogP contribution in [0.2, 0.25) is 0 Å². The molecule has 2 rings (SSSR count). The average molecular weight is 126 g/mol. The topological polar surface area (TPSA) is 33.3 Å². The largest absolute Gasteiger partial charge is 0.481 e. The summed E-state index contributed by atoms with van der Waals surface area (Å²) in [5.41, 5.74) is 0. The Hall–Kier alpha value is -0.540. The van der Waals surface area contributed by atoms with Crippen molar-refractivity contribution >= 4 is 0 Å². The van der Waals surface area contributed by atoms with Gasteiger partial charge in [0.05, 0.1) is 6.04 Å². The summed E-state index contributed by atoms with van der Waals surface area (Å²) >= 11 is 0. The number of nitrogens with one attached hydrogen (secondary N) is 2. The van der Waals surface area contributed by atoms with Gasteiger partial charge in [0.25, 0.3) is 0 Å². The van der Waals surface area contributed by atoms with E-state index < -0.39 is 0 Å². The van der Waals surface area contributed by atoms with Crippen molar-refractivity contribution in [1.29, 1.82) is 0 Å². The number of hydrogen-bond donors (Lipinski definition) is 2. The molecule has 0 aromatic rings. The lowest BCUT2D eigenvalue weighted by molar-refractivity contribution is 0.251. The summed E-state index contributed by atoms with van der Waals surface area (Å²) in [7, 11) is 0. The van der Waals surface area contributed by atoms with Gasteiger partial charge in [-0.1, -0.05) is 0 Å². The third-order valence-corrected chi connectivity index (χ3v) is 1.71. The van der Waals surface area contributed by atoms with E-state index in [-0.39, 0.29) is 0 Å². The van der Waals surface area contributed by atoms with Crippen molar-refractivity contribution in [2.75, 3.05) is 19.8 Å². The molecule has 0 aromatic carbocycles. The monoisotopic (exact) mass is 126 g/mol. The fraction of sp³-hybridized carbons (Fsp3) is 0.667. The van der Waals surface area contributed by atoms with Crippen LogP contribution in [0.25, 0.3) is 0 Å². The van der Waals surface area contributed by atoms with Gasteiger partial charge in [-0.3, -0.25) is 5.32 Å². The molecule has 0 aromatic heterocycles. The van der Waals surface area contributed by atoms with Gasteiger partial charge in [0.1, 0.15) is 12.5 Å². The van der Waals surface area contributed by atoms with E-state index in [0.29, 0.717) is 12.8 Å². The first-order valence-electron chi connectivity index (χ1n) is 3.24. The van der Waals surface area contributed by atoms with E-state index >= 15 is 0 Å². The van der Waals surface area contributed by atoms with Crippen molar-refractivity contribution in [3.05, 3.63) is 11.8 Å². The van der Waals surface area contributed by atoms with Crippen molar-refractivity contribution in [1.82, 2.24) is 10.6 Å². The Bertz CT molecular complexity index is 144. The smallest absolute Gasteiger partial charge is 0.139 e. The lowest BCUT2D eigenvalue weighted by Crippen LogP contribution is -2.38. The Morgan fingerprint density at radius 3 is 3.56 bits per heavy atom. The SMILES string of the molecule is C1=C2OCNC2CNC1. The van der Waals surface area contributed by atoms with Crippen LogP contribution in [0.5, 0.6) is 0 Å². The summed E-state index contributed by atoms with van der Waals surface area (Å²) in [5.74, 6) is 1.12. The molecular formula is C6H10N2O. The van der Waals surface area contributed by atoms with Crippen molar-refractivity contribution in [3.63, 3.8) is 0 Å². The maximum atomic E-state index is 5.27. The molecule has 1 saturated heterocycles. The van der Waals surface area contributed by atoms with E-state index in [1.165, 1.54) is 0 Å². The lowest BCUT2D eigenvalue weighted by atomic mass is 10.2. The molecule has 0 radical (unpaired) electrons. The van der Waals surface area contributed by atoms with E-state index in [2.05, 4.69) is 16.7 Å². The van der Waals surface area contributed by atoms with Crippen LogP contribution in [0, 0.1) is 0 Å². The second-order valence-corrected chi connectivity index (χ2v) is 2.31. The fourth-order valence-corrected chi connectivity index (χ4v) is 1.20. The molecule has 1 unspecified atom stereocenters. The van der Waals surface area contributed by atoms with Crippen LogP contribution in [-0.4, -0.2) is 25.9 Å². The average Bonchev–Trinajstić information content (AvgIpc) is 2.33. The second-order valence-electron chi connectivity index (χ2n) is 2.31. The Morgan fingerprint density at radius 2 is 2.67 bits per heavy atom. The van der Waals surface area contributed by atoms with Gasteiger partial charge in [-0.15, -0.1) is 0 Å². The van der Waals surface area contributed by atoms with E-state index in [0.717, 1.165) is 18.8 Å². The zero-order valence-electron chi connectivity index (χ0n) is 5.18. The minimum atomic E-state index is 0.443. The van der Waals surface area contributed by atoms with Crippen molar-refractivity contribution in [3.8, 4) is 0 Å². The Kier molecular flexibility index (Phi) is 1.17. The van der Waals surface area contributed by atoms with Gasteiger partial charge in [-0.2, -0.15) is 0 Å². The summed E-state index contributed by atoms with van der Waals surface area (Å²) in [6.45, 7) is 2.64. The first-order chi connectivity index (χ1) is 4.47. The molecule has 0 amide bonds. The Balaban J connectivity index is 2.16. The van der Waals surface area contributed by atoms with Gasteiger partial charge in [-0.25, -0.2) is 0 Å². The number of ether oxygens (including phenoxy) is 1. The predicted molar refractivity (Wildman–Crippen MR) is 33.8 cm³/mol. The maximum absolute atomic E-state index is 5.27. The molecule has 2 heterocycles. The molecule has 0 bridgehead atoms. The summed E-state index contributed by atoms with van der Waals surface area (Å²) in [4.78, 5) is 0. The van der Waals surface area contributed by atoms with Gasteiger partial charge in [0.15, 0.2) is 0 Å². The Morgan fingerprint density at radius 1 is 1.67 bits per heavy atom. The van der Waals surface area contributed by atoms with Crippen molar-refractivity contribution in [2.24, 2.45) is 0 Å². The minimum absolute atomic E-state index is 0.443.